The lowest BCUT2D eigenvalue weighted by Gasteiger charge is -2.37. The van der Waals surface area contributed by atoms with Gasteiger partial charge in [0.25, 0.3) is 11.8 Å². The Hall–Kier alpha value is -5.33. The van der Waals surface area contributed by atoms with Crippen LogP contribution in [0.25, 0.3) is 28.3 Å². The number of hydrogen-bond acceptors (Lipinski definition) is 6. The lowest BCUT2D eigenvalue weighted by Crippen LogP contribution is -2.52. The molecule has 1 fully saturated rings. The number of benzene rings is 3. The van der Waals surface area contributed by atoms with Gasteiger partial charge in [0, 0.05) is 36.2 Å². The first-order valence-corrected chi connectivity index (χ1v) is 13.9. The zero-order chi connectivity index (χ0) is 30.8. The average Bonchev–Trinajstić information content (AvgIpc) is 3.67. The molecule has 2 aromatic heterocycles. The standard InChI is InChI=1S/C31H27F3N8O2/c1-20(43)35-25-11-7-21(8-12-25)27-18-41(39-37-27)17-23-15-16-40(19-31(23,33)34)30(44)28-36-29(22-5-3-2-4-6-22)42(38-28)26-13-9-24(32)10-14-26/h2-14,18,23H,15-17,19H2,1H3,(H,35,43). The zero-order valence-corrected chi connectivity index (χ0v) is 23.6. The molecule has 224 valence electrons. The Morgan fingerprint density at radius 2 is 1.70 bits per heavy atom. The summed E-state index contributed by atoms with van der Waals surface area (Å²) in [5, 5.41) is 15.2. The van der Waals surface area contributed by atoms with Crippen LogP contribution in [0.4, 0.5) is 18.9 Å². The number of nitrogens with zero attached hydrogens (tertiary/aromatic N) is 7. The van der Waals surface area contributed by atoms with Crippen molar-refractivity contribution in [2.75, 3.05) is 18.4 Å². The minimum absolute atomic E-state index is 0.0313. The molecule has 0 aliphatic carbocycles. The van der Waals surface area contributed by atoms with Gasteiger partial charge < -0.3 is 10.2 Å². The van der Waals surface area contributed by atoms with Crippen LogP contribution in [-0.2, 0) is 11.3 Å². The van der Waals surface area contributed by atoms with Gasteiger partial charge >= 0.3 is 0 Å². The van der Waals surface area contributed by atoms with Crippen molar-refractivity contribution in [3.63, 3.8) is 0 Å². The van der Waals surface area contributed by atoms with Crippen LogP contribution in [0.15, 0.2) is 85.1 Å². The number of piperidine rings is 1. The van der Waals surface area contributed by atoms with Crippen molar-refractivity contribution < 1.29 is 22.8 Å². The van der Waals surface area contributed by atoms with Gasteiger partial charge in [0.2, 0.25) is 11.7 Å². The van der Waals surface area contributed by atoms with Gasteiger partial charge in [-0.05, 0) is 42.8 Å². The molecule has 1 N–H and O–H groups in total. The predicted molar refractivity (Wildman–Crippen MR) is 155 cm³/mol. The quantitative estimate of drug-likeness (QED) is 0.279. The fourth-order valence-electron chi connectivity index (χ4n) is 5.14. The minimum Gasteiger partial charge on any atom is -0.330 e. The normalized spacial score (nSPS) is 16.1. The molecule has 1 atom stereocenters. The number of hydrogen-bond donors (Lipinski definition) is 1. The molecule has 1 saturated heterocycles. The maximum absolute atomic E-state index is 15.4. The Labute approximate surface area is 250 Å². The number of rotatable bonds is 7. The van der Waals surface area contributed by atoms with E-state index in [1.165, 1.54) is 40.6 Å². The van der Waals surface area contributed by atoms with E-state index < -0.39 is 30.1 Å². The molecular weight excluding hydrogens is 573 g/mol. The molecule has 0 radical (unpaired) electrons. The SMILES string of the molecule is CC(=O)Nc1ccc(-c2cn(CC3CCN(C(=O)c4nc(-c5ccccc5)n(-c5ccc(F)cc5)n4)CC3(F)F)nn2)cc1. The average molecular weight is 601 g/mol. The molecule has 10 nitrogen and oxygen atoms in total. The second-order valence-corrected chi connectivity index (χ2v) is 10.6. The lowest BCUT2D eigenvalue weighted by molar-refractivity contribution is -0.114. The second kappa shape index (κ2) is 11.7. The van der Waals surface area contributed by atoms with Crippen molar-refractivity contribution in [3.8, 4) is 28.3 Å². The third-order valence-electron chi connectivity index (χ3n) is 7.38. The third kappa shape index (κ3) is 6.07. The highest BCUT2D eigenvalue weighted by molar-refractivity contribution is 5.91. The molecule has 0 bridgehead atoms. The van der Waals surface area contributed by atoms with Crippen molar-refractivity contribution in [2.45, 2.75) is 25.8 Å². The number of carbonyl (C=O) groups excluding carboxylic acids is 2. The summed E-state index contributed by atoms with van der Waals surface area (Å²) in [5.74, 6) is -5.52. The van der Waals surface area contributed by atoms with Gasteiger partial charge in [-0.25, -0.2) is 22.8 Å². The number of anilines is 1. The van der Waals surface area contributed by atoms with E-state index in [1.54, 1.807) is 54.7 Å². The highest BCUT2D eigenvalue weighted by atomic mass is 19.3. The maximum Gasteiger partial charge on any atom is 0.293 e. The number of alkyl halides is 2. The van der Waals surface area contributed by atoms with E-state index in [2.05, 4.69) is 25.7 Å². The molecule has 2 amide bonds. The third-order valence-corrected chi connectivity index (χ3v) is 7.38. The van der Waals surface area contributed by atoms with Crippen molar-refractivity contribution in [1.29, 1.82) is 0 Å². The molecule has 44 heavy (non-hydrogen) atoms. The monoisotopic (exact) mass is 600 g/mol. The molecule has 0 saturated carbocycles. The van der Waals surface area contributed by atoms with Gasteiger partial charge in [-0.2, -0.15) is 0 Å². The van der Waals surface area contributed by atoms with E-state index in [-0.39, 0.29) is 31.2 Å². The first-order valence-electron chi connectivity index (χ1n) is 13.9. The summed E-state index contributed by atoms with van der Waals surface area (Å²) in [6.45, 7) is 0.616. The van der Waals surface area contributed by atoms with E-state index in [1.807, 2.05) is 6.07 Å². The van der Waals surface area contributed by atoms with Crippen LogP contribution in [0.2, 0.25) is 0 Å². The van der Waals surface area contributed by atoms with Gasteiger partial charge in [0.15, 0.2) is 5.82 Å². The highest BCUT2D eigenvalue weighted by Crippen LogP contribution is 2.35. The van der Waals surface area contributed by atoms with Crippen LogP contribution in [-0.4, -0.2) is 65.5 Å². The maximum atomic E-state index is 15.4. The first kappa shape index (κ1) is 28.8. The summed E-state index contributed by atoms with van der Waals surface area (Å²) in [6.07, 6.45) is 1.63. The molecule has 6 rings (SSSR count). The Bertz CT molecular complexity index is 1790. The molecule has 1 aliphatic rings. The largest absolute Gasteiger partial charge is 0.330 e. The van der Waals surface area contributed by atoms with Gasteiger partial charge in [-0.1, -0.05) is 47.7 Å². The number of aromatic nitrogens is 6. The Morgan fingerprint density at radius 1 is 0.977 bits per heavy atom. The second-order valence-electron chi connectivity index (χ2n) is 10.6. The molecule has 1 aliphatic heterocycles. The Balaban J connectivity index is 1.16. The van der Waals surface area contributed by atoms with Crippen molar-refractivity contribution >= 4 is 17.5 Å². The van der Waals surface area contributed by atoms with E-state index in [0.29, 0.717) is 28.5 Å². The summed E-state index contributed by atoms with van der Waals surface area (Å²) in [5.41, 5.74) is 2.98. The summed E-state index contributed by atoms with van der Waals surface area (Å²) in [4.78, 5) is 30.1. The fourth-order valence-corrected chi connectivity index (χ4v) is 5.14. The van der Waals surface area contributed by atoms with Gasteiger partial charge in [-0.15, -0.1) is 10.2 Å². The van der Waals surface area contributed by atoms with Gasteiger partial charge in [0.05, 0.1) is 25.0 Å². The van der Waals surface area contributed by atoms with E-state index in [0.717, 1.165) is 10.5 Å². The molecular formula is C31H27F3N8O2. The topological polar surface area (TPSA) is 111 Å². The summed E-state index contributed by atoms with van der Waals surface area (Å²) in [6, 6.07) is 21.5. The van der Waals surface area contributed by atoms with Crippen LogP contribution in [0.1, 0.15) is 24.0 Å². The number of halogens is 3. The summed E-state index contributed by atoms with van der Waals surface area (Å²) < 4.78 is 47.2. The molecule has 3 aromatic carbocycles. The fraction of sp³-hybridized carbons (Fsp3) is 0.226. The zero-order valence-electron chi connectivity index (χ0n) is 23.6. The molecule has 0 spiro atoms. The summed E-state index contributed by atoms with van der Waals surface area (Å²) in [7, 11) is 0. The van der Waals surface area contributed by atoms with Gasteiger partial charge in [0.1, 0.15) is 11.5 Å². The summed E-state index contributed by atoms with van der Waals surface area (Å²) >= 11 is 0. The Morgan fingerprint density at radius 3 is 2.39 bits per heavy atom. The van der Waals surface area contributed by atoms with Crippen molar-refractivity contribution in [3.05, 3.63) is 96.7 Å². The van der Waals surface area contributed by atoms with Crippen LogP contribution in [0, 0.1) is 11.7 Å². The predicted octanol–water partition coefficient (Wildman–Crippen LogP) is 5.09. The lowest BCUT2D eigenvalue weighted by atomic mass is 9.92. The molecule has 13 heteroatoms. The number of nitrogens with one attached hydrogen (secondary N) is 1. The van der Waals surface area contributed by atoms with Crippen molar-refractivity contribution in [1.82, 2.24) is 34.7 Å². The smallest absolute Gasteiger partial charge is 0.293 e. The van der Waals surface area contributed by atoms with E-state index >= 15 is 8.78 Å². The molecule has 5 aromatic rings. The van der Waals surface area contributed by atoms with E-state index in [4.69, 9.17) is 0 Å². The van der Waals surface area contributed by atoms with E-state index in [9.17, 15) is 14.0 Å². The Kier molecular flexibility index (Phi) is 7.68. The molecule has 3 heterocycles. The highest BCUT2D eigenvalue weighted by Gasteiger charge is 2.46. The van der Waals surface area contributed by atoms with Crippen LogP contribution < -0.4 is 5.32 Å². The van der Waals surface area contributed by atoms with Crippen LogP contribution in [0.5, 0.6) is 0 Å². The number of likely N-dealkylation sites (tertiary alicyclic amines) is 1. The van der Waals surface area contributed by atoms with Crippen LogP contribution in [0.3, 0.4) is 0 Å². The van der Waals surface area contributed by atoms with Gasteiger partial charge in [-0.3, -0.25) is 14.3 Å². The first-order chi connectivity index (χ1) is 21.2. The van der Waals surface area contributed by atoms with Crippen molar-refractivity contribution in [2.24, 2.45) is 5.92 Å². The molecule has 1 unspecified atom stereocenters. The number of carbonyl (C=O) groups is 2. The number of amides is 2. The van der Waals surface area contributed by atoms with Crippen LogP contribution >= 0.6 is 0 Å². The minimum atomic E-state index is -3.21.